The number of hydrogen-bond acceptors (Lipinski definition) is 5. The van der Waals surface area contributed by atoms with Gasteiger partial charge in [0.15, 0.2) is 5.15 Å². The van der Waals surface area contributed by atoms with Gasteiger partial charge in [0.05, 0.1) is 0 Å². The Kier molecular flexibility index (Phi) is 5.87. The monoisotopic (exact) mass is 260 g/mol. The molecule has 16 heavy (non-hydrogen) atoms. The third-order valence-corrected chi connectivity index (χ3v) is 3.63. The van der Waals surface area contributed by atoms with Crippen LogP contribution in [0, 0.1) is 0 Å². The molecule has 0 fully saturated rings. The summed E-state index contributed by atoms with van der Waals surface area (Å²) in [4.78, 5) is 10.3. The SMILES string of the molecule is CCN(CC)CCSc1ncnc(Cl)c1N. The molecule has 4 nitrogen and oxygen atoms in total. The zero-order valence-electron chi connectivity index (χ0n) is 9.61. The summed E-state index contributed by atoms with van der Waals surface area (Å²) in [5, 5.41) is 1.10. The van der Waals surface area contributed by atoms with Gasteiger partial charge in [0.2, 0.25) is 0 Å². The minimum absolute atomic E-state index is 0.334. The molecule has 0 bridgehead atoms. The second-order valence-electron chi connectivity index (χ2n) is 3.26. The predicted molar refractivity (Wildman–Crippen MR) is 70.0 cm³/mol. The number of nitrogens with two attached hydrogens (primary N) is 1. The fourth-order valence-corrected chi connectivity index (χ4v) is 2.39. The second-order valence-corrected chi connectivity index (χ2v) is 4.70. The Morgan fingerprint density at radius 1 is 1.38 bits per heavy atom. The molecule has 0 aliphatic rings. The van der Waals surface area contributed by atoms with E-state index >= 15 is 0 Å². The highest BCUT2D eigenvalue weighted by molar-refractivity contribution is 7.99. The number of nitrogen functional groups attached to an aromatic ring is 1. The lowest BCUT2D eigenvalue weighted by atomic mass is 10.5. The van der Waals surface area contributed by atoms with Gasteiger partial charge in [-0.15, -0.1) is 11.8 Å². The molecule has 0 saturated carbocycles. The maximum absolute atomic E-state index is 5.81. The van der Waals surface area contributed by atoms with Gasteiger partial charge in [0.25, 0.3) is 0 Å². The molecule has 0 aliphatic heterocycles. The van der Waals surface area contributed by atoms with E-state index in [0.29, 0.717) is 10.8 Å². The topological polar surface area (TPSA) is 55.0 Å². The van der Waals surface area contributed by atoms with Crippen molar-refractivity contribution in [1.29, 1.82) is 0 Å². The molecular weight excluding hydrogens is 244 g/mol. The van der Waals surface area contributed by atoms with E-state index in [4.69, 9.17) is 17.3 Å². The Balaban J connectivity index is 2.46. The summed E-state index contributed by atoms with van der Waals surface area (Å²) in [6.45, 7) is 7.47. The second kappa shape index (κ2) is 6.93. The van der Waals surface area contributed by atoms with Crippen LogP contribution >= 0.6 is 23.4 Å². The Bertz CT molecular complexity index is 331. The summed E-state index contributed by atoms with van der Waals surface area (Å²) in [5.74, 6) is 0.958. The molecule has 0 radical (unpaired) electrons. The summed E-state index contributed by atoms with van der Waals surface area (Å²) >= 11 is 7.43. The summed E-state index contributed by atoms with van der Waals surface area (Å²) in [7, 11) is 0. The van der Waals surface area contributed by atoms with Gasteiger partial charge in [0, 0.05) is 12.3 Å². The van der Waals surface area contributed by atoms with Crippen molar-refractivity contribution in [3.8, 4) is 0 Å². The highest BCUT2D eigenvalue weighted by Gasteiger charge is 2.07. The van der Waals surface area contributed by atoms with Gasteiger partial charge in [-0.3, -0.25) is 0 Å². The Morgan fingerprint density at radius 2 is 2.06 bits per heavy atom. The molecule has 0 spiro atoms. The van der Waals surface area contributed by atoms with Crippen LogP contribution in [0.5, 0.6) is 0 Å². The first-order chi connectivity index (χ1) is 7.69. The number of nitrogens with zero attached hydrogens (tertiary/aromatic N) is 3. The fraction of sp³-hybridized carbons (Fsp3) is 0.600. The van der Waals surface area contributed by atoms with Crippen LogP contribution in [0.15, 0.2) is 11.4 Å². The van der Waals surface area contributed by atoms with Gasteiger partial charge in [-0.1, -0.05) is 25.4 Å². The average molecular weight is 261 g/mol. The van der Waals surface area contributed by atoms with Gasteiger partial charge in [-0.25, -0.2) is 9.97 Å². The predicted octanol–water partition coefficient (Wildman–Crippen LogP) is 2.15. The molecule has 0 amide bonds. The lowest BCUT2D eigenvalue weighted by Gasteiger charge is -2.17. The number of rotatable bonds is 6. The molecule has 0 aliphatic carbocycles. The molecule has 6 heteroatoms. The number of thioether (sulfide) groups is 1. The van der Waals surface area contributed by atoms with E-state index in [2.05, 4.69) is 28.7 Å². The molecule has 2 N–H and O–H groups in total. The number of aromatic nitrogens is 2. The van der Waals surface area contributed by atoms with E-state index in [1.54, 1.807) is 11.8 Å². The zero-order valence-corrected chi connectivity index (χ0v) is 11.2. The maximum Gasteiger partial charge on any atom is 0.156 e. The maximum atomic E-state index is 5.81. The average Bonchev–Trinajstić information content (AvgIpc) is 2.30. The minimum atomic E-state index is 0.334. The Morgan fingerprint density at radius 3 is 2.69 bits per heavy atom. The lowest BCUT2D eigenvalue weighted by Crippen LogP contribution is -2.25. The summed E-state index contributed by atoms with van der Waals surface area (Å²) in [6, 6.07) is 0. The van der Waals surface area contributed by atoms with Crippen LogP contribution in [0.4, 0.5) is 5.69 Å². The summed E-state index contributed by atoms with van der Waals surface area (Å²) < 4.78 is 0. The molecular formula is C10H17ClN4S. The molecule has 90 valence electrons. The smallest absolute Gasteiger partial charge is 0.156 e. The molecule has 0 aromatic carbocycles. The van der Waals surface area contributed by atoms with Crippen LogP contribution in [0.25, 0.3) is 0 Å². The van der Waals surface area contributed by atoms with Gasteiger partial charge >= 0.3 is 0 Å². The van der Waals surface area contributed by atoms with Crippen LogP contribution in [0.1, 0.15) is 13.8 Å². The van der Waals surface area contributed by atoms with E-state index < -0.39 is 0 Å². The van der Waals surface area contributed by atoms with Crippen molar-refractivity contribution < 1.29 is 0 Å². The number of halogens is 1. The zero-order chi connectivity index (χ0) is 12.0. The molecule has 0 atom stereocenters. The third kappa shape index (κ3) is 3.81. The van der Waals surface area contributed by atoms with E-state index in [1.807, 2.05) is 0 Å². The summed E-state index contributed by atoms with van der Waals surface area (Å²) in [5.41, 5.74) is 6.25. The largest absolute Gasteiger partial charge is 0.394 e. The molecule has 0 unspecified atom stereocenters. The normalized spacial score (nSPS) is 11.0. The van der Waals surface area contributed by atoms with Crippen molar-refractivity contribution in [1.82, 2.24) is 14.9 Å². The molecule has 1 aromatic rings. The molecule has 0 saturated heterocycles. The van der Waals surface area contributed by atoms with Gasteiger partial charge in [-0.05, 0) is 13.1 Å². The highest BCUT2D eigenvalue weighted by atomic mass is 35.5. The first kappa shape index (κ1) is 13.5. The number of anilines is 1. The minimum Gasteiger partial charge on any atom is -0.394 e. The van der Waals surface area contributed by atoms with Crippen LogP contribution < -0.4 is 5.73 Å². The van der Waals surface area contributed by atoms with Crippen LogP contribution in [-0.2, 0) is 0 Å². The van der Waals surface area contributed by atoms with Crippen molar-refractivity contribution >= 4 is 29.1 Å². The van der Waals surface area contributed by atoms with Crippen molar-refractivity contribution in [2.75, 3.05) is 31.1 Å². The van der Waals surface area contributed by atoms with Crippen molar-refractivity contribution in [2.24, 2.45) is 0 Å². The molecule has 1 aromatic heterocycles. The summed E-state index contributed by atoms with van der Waals surface area (Å²) in [6.07, 6.45) is 1.44. The number of hydrogen-bond donors (Lipinski definition) is 1. The van der Waals surface area contributed by atoms with E-state index in [0.717, 1.165) is 30.4 Å². The standard InChI is InChI=1S/C10H17ClN4S/c1-3-15(4-2)5-6-16-10-8(12)9(11)13-7-14-10/h7H,3-6,12H2,1-2H3. The van der Waals surface area contributed by atoms with Crippen LogP contribution in [0.2, 0.25) is 5.15 Å². The van der Waals surface area contributed by atoms with E-state index in [9.17, 15) is 0 Å². The molecule has 1 rings (SSSR count). The van der Waals surface area contributed by atoms with Crippen molar-refractivity contribution in [2.45, 2.75) is 18.9 Å². The Hall–Kier alpha value is -0.520. The third-order valence-electron chi connectivity index (χ3n) is 2.34. The molecule has 1 heterocycles. The van der Waals surface area contributed by atoms with Crippen LogP contribution in [-0.4, -0.2) is 40.3 Å². The first-order valence-corrected chi connectivity index (χ1v) is 6.66. The van der Waals surface area contributed by atoms with Gasteiger partial charge in [-0.2, -0.15) is 0 Å². The van der Waals surface area contributed by atoms with Gasteiger partial charge < -0.3 is 10.6 Å². The fourth-order valence-electron chi connectivity index (χ4n) is 1.29. The quantitative estimate of drug-likeness (QED) is 0.627. The lowest BCUT2D eigenvalue weighted by molar-refractivity contribution is 0.324. The van der Waals surface area contributed by atoms with Crippen molar-refractivity contribution in [3.05, 3.63) is 11.5 Å². The highest BCUT2D eigenvalue weighted by Crippen LogP contribution is 2.26. The van der Waals surface area contributed by atoms with Crippen LogP contribution in [0.3, 0.4) is 0 Å². The van der Waals surface area contributed by atoms with Crippen molar-refractivity contribution in [3.63, 3.8) is 0 Å². The van der Waals surface area contributed by atoms with E-state index in [1.165, 1.54) is 6.33 Å². The Labute approximate surface area is 106 Å². The van der Waals surface area contributed by atoms with Gasteiger partial charge in [0.1, 0.15) is 17.0 Å². The first-order valence-electron chi connectivity index (χ1n) is 5.30. The van der Waals surface area contributed by atoms with E-state index in [-0.39, 0.29) is 0 Å².